The molecule has 0 bridgehead atoms. The predicted molar refractivity (Wildman–Crippen MR) is 137 cm³/mol. The third-order valence-electron chi connectivity index (χ3n) is 6.32. The van der Waals surface area contributed by atoms with E-state index >= 15 is 0 Å². The molecule has 2 N–H and O–H groups in total. The molecule has 4 rings (SSSR count). The standard InChI is InChI=1S/C25H34N4O2S2/c30-24(27-23-10-3-7-20-6-1-2-9-22(20)23)18-26-25(32)29(19-21-8-4-17-33-21)12-5-11-28-13-15-31-16-14-28/h1-2,4,6,8-9,17,23H,3,5,7,10-16,18-19H2,(H,26,32)(H,27,30)/t23-/m1/s1. The highest BCUT2D eigenvalue weighted by Crippen LogP contribution is 2.29. The molecule has 1 amide bonds. The van der Waals surface area contributed by atoms with Crippen LogP contribution in [0.15, 0.2) is 41.8 Å². The summed E-state index contributed by atoms with van der Waals surface area (Å²) in [4.78, 5) is 18.6. The van der Waals surface area contributed by atoms with Crippen LogP contribution in [0.1, 0.15) is 41.3 Å². The summed E-state index contributed by atoms with van der Waals surface area (Å²) in [7, 11) is 0. The first-order valence-electron chi connectivity index (χ1n) is 11.9. The van der Waals surface area contributed by atoms with Crippen molar-refractivity contribution in [1.82, 2.24) is 20.4 Å². The Morgan fingerprint density at radius 1 is 1.21 bits per heavy atom. The highest BCUT2D eigenvalue weighted by Gasteiger charge is 2.21. The molecule has 1 atom stereocenters. The molecule has 0 radical (unpaired) electrons. The van der Waals surface area contributed by atoms with E-state index in [1.807, 2.05) is 0 Å². The van der Waals surface area contributed by atoms with E-state index in [1.54, 1.807) is 11.3 Å². The van der Waals surface area contributed by atoms with Crippen LogP contribution in [-0.4, -0.2) is 66.8 Å². The lowest BCUT2D eigenvalue weighted by Crippen LogP contribution is -2.45. The molecule has 1 fully saturated rings. The average molecular weight is 487 g/mol. The fraction of sp³-hybridized carbons (Fsp3) is 0.520. The number of nitrogens with zero attached hydrogens (tertiary/aromatic N) is 2. The number of fused-ring (bicyclic) bond motifs is 1. The van der Waals surface area contributed by atoms with Crippen molar-refractivity contribution < 1.29 is 9.53 Å². The fourth-order valence-corrected chi connectivity index (χ4v) is 5.52. The molecule has 0 unspecified atom stereocenters. The van der Waals surface area contributed by atoms with E-state index in [9.17, 15) is 4.79 Å². The smallest absolute Gasteiger partial charge is 0.239 e. The number of thiophene rings is 1. The molecular weight excluding hydrogens is 452 g/mol. The van der Waals surface area contributed by atoms with E-state index in [1.165, 1.54) is 16.0 Å². The van der Waals surface area contributed by atoms with Crippen molar-refractivity contribution in [2.45, 2.75) is 38.3 Å². The summed E-state index contributed by atoms with van der Waals surface area (Å²) >= 11 is 7.45. The van der Waals surface area contributed by atoms with Crippen molar-refractivity contribution in [3.63, 3.8) is 0 Å². The van der Waals surface area contributed by atoms with Crippen molar-refractivity contribution in [3.8, 4) is 0 Å². The Labute approximate surface area is 206 Å². The van der Waals surface area contributed by atoms with Gasteiger partial charge in [0.15, 0.2) is 5.11 Å². The molecule has 1 saturated heterocycles. The average Bonchev–Trinajstić information content (AvgIpc) is 3.36. The number of hydrogen-bond donors (Lipinski definition) is 2. The van der Waals surface area contributed by atoms with Gasteiger partial charge in [-0.2, -0.15) is 0 Å². The Hall–Kier alpha value is -2.00. The Morgan fingerprint density at radius 2 is 2.06 bits per heavy atom. The maximum atomic E-state index is 12.7. The number of morpholine rings is 1. The minimum atomic E-state index is -0.0107. The highest BCUT2D eigenvalue weighted by atomic mass is 32.1. The normalized spacial score (nSPS) is 18.4. The van der Waals surface area contributed by atoms with Gasteiger partial charge in [-0.25, -0.2) is 0 Å². The van der Waals surface area contributed by atoms with E-state index < -0.39 is 0 Å². The second kappa shape index (κ2) is 12.5. The molecule has 33 heavy (non-hydrogen) atoms. The molecule has 2 aromatic rings. The molecule has 1 aliphatic carbocycles. The number of nitrogens with one attached hydrogen (secondary N) is 2. The van der Waals surface area contributed by atoms with Gasteiger partial charge in [0.05, 0.1) is 32.3 Å². The Morgan fingerprint density at radius 3 is 2.88 bits per heavy atom. The number of benzene rings is 1. The minimum Gasteiger partial charge on any atom is -0.379 e. The lowest BCUT2D eigenvalue weighted by atomic mass is 9.88. The Balaban J connectivity index is 1.27. The second-order valence-electron chi connectivity index (χ2n) is 8.68. The largest absolute Gasteiger partial charge is 0.379 e. The van der Waals surface area contributed by atoms with Gasteiger partial charge in [0.1, 0.15) is 0 Å². The second-order valence-corrected chi connectivity index (χ2v) is 10.1. The lowest BCUT2D eigenvalue weighted by molar-refractivity contribution is -0.120. The van der Waals surface area contributed by atoms with Crippen LogP contribution in [0, 0.1) is 0 Å². The first-order chi connectivity index (χ1) is 16.2. The van der Waals surface area contributed by atoms with Gasteiger partial charge >= 0.3 is 0 Å². The molecule has 0 spiro atoms. The van der Waals surface area contributed by atoms with Crippen LogP contribution >= 0.6 is 23.6 Å². The molecule has 1 aromatic carbocycles. The summed E-state index contributed by atoms with van der Waals surface area (Å²) in [6.45, 7) is 6.49. The van der Waals surface area contributed by atoms with Crippen molar-refractivity contribution in [3.05, 3.63) is 57.8 Å². The number of amides is 1. The van der Waals surface area contributed by atoms with Gasteiger partial charge < -0.3 is 20.3 Å². The van der Waals surface area contributed by atoms with Crippen LogP contribution in [0.2, 0.25) is 0 Å². The van der Waals surface area contributed by atoms with E-state index in [4.69, 9.17) is 17.0 Å². The van der Waals surface area contributed by atoms with Gasteiger partial charge in [-0.1, -0.05) is 30.3 Å². The van der Waals surface area contributed by atoms with Crippen LogP contribution in [-0.2, 0) is 22.5 Å². The highest BCUT2D eigenvalue weighted by molar-refractivity contribution is 7.80. The summed E-state index contributed by atoms with van der Waals surface area (Å²) in [5.41, 5.74) is 2.60. The first kappa shape index (κ1) is 24.1. The third-order valence-corrected chi connectivity index (χ3v) is 7.59. The van der Waals surface area contributed by atoms with Crippen molar-refractivity contribution in [1.29, 1.82) is 0 Å². The van der Waals surface area contributed by atoms with Crippen molar-refractivity contribution >= 4 is 34.6 Å². The van der Waals surface area contributed by atoms with Crippen LogP contribution in [0.3, 0.4) is 0 Å². The van der Waals surface area contributed by atoms with Crippen LogP contribution in [0.25, 0.3) is 0 Å². The van der Waals surface area contributed by atoms with Crippen molar-refractivity contribution in [2.75, 3.05) is 45.9 Å². The third kappa shape index (κ3) is 7.24. The molecule has 6 nitrogen and oxygen atoms in total. The van der Waals surface area contributed by atoms with Crippen LogP contribution in [0.4, 0.5) is 0 Å². The number of carbonyl (C=O) groups is 1. The van der Waals surface area contributed by atoms with Crippen LogP contribution in [0.5, 0.6) is 0 Å². The van der Waals surface area contributed by atoms with Gasteiger partial charge in [0.2, 0.25) is 5.91 Å². The molecule has 2 aliphatic rings. The number of aryl methyl sites for hydroxylation is 1. The molecule has 0 saturated carbocycles. The monoisotopic (exact) mass is 486 g/mol. The molecule has 1 aromatic heterocycles. The maximum Gasteiger partial charge on any atom is 0.239 e. The SMILES string of the molecule is O=C(CNC(=S)N(CCCN1CCOCC1)Cc1cccs1)N[C@@H]1CCCc2ccccc21. The molecule has 8 heteroatoms. The van der Waals surface area contributed by atoms with E-state index in [0.29, 0.717) is 5.11 Å². The number of rotatable bonds is 9. The molecule has 178 valence electrons. The van der Waals surface area contributed by atoms with E-state index in [0.717, 1.165) is 71.6 Å². The maximum absolute atomic E-state index is 12.7. The molecule has 2 heterocycles. The minimum absolute atomic E-state index is 0.0107. The Bertz CT molecular complexity index is 900. The zero-order chi connectivity index (χ0) is 22.9. The van der Waals surface area contributed by atoms with Gasteiger partial charge in [0, 0.05) is 31.1 Å². The first-order valence-corrected chi connectivity index (χ1v) is 13.2. The fourth-order valence-electron chi connectivity index (χ4n) is 4.57. The number of ether oxygens (including phenoxy) is 1. The molecular formula is C25H34N4O2S2. The number of hydrogen-bond acceptors (Lipinski definition) is 5. The number of carbonyl (C=O) groups excluding carboxylic acids is 1. The summed E-state index contributed by atoms with van der Waals surface area (Å²) in [6, 6.07) is 12.7. The summed E-state index contributed by atoms with van der Waals surface area (Å²) in [5.74, 6) is -0.0107. The zero-order valence-corrected chi connectivity index (χ0v) is 20.8. The predicted octanol–water partition coefficient (Wildman–Crippen LogP) is 3.34. The van der Waals surface area contributed by atoms with Gasteiger partial charge in [0.25, 0.3) is 0 Å². The quantitative estimate of drug-likeness (QED) is 0.531. The Kier molecular flexibility index (Phi) is 9.11. The topological polar surface area (TPSA) is 56.8 Å². The molecule has 1 aliphatic heterocycles. The van der Waals surface area contributed by atoms with E-state index in [-0.39, 0.29) is 18.5 Å². The van der Waals surface area contributed by atoms with E-state index in [2.05, 4.69) is 62.2 Å². The van der Waals surface area contributed by atoms with Crippen LogP contribution < -0.4 is 10.6 Å². The summed E-state index contributed by atoms with van der Waals surface area (Å²) in [5, 5.41) is 9.15. The summed E-state index contributed by atoms with van der Waals surface area (Å²) < 4.78 is 5.44. The van der Waals surface area contributed by atoms with Gasteiger partial charge in [-0.05, 0) is 60.5 Å². The van der Waals surface area contributed by atoms with Gasteiger partial charge in [-0.3, -0.25) is 9.69 Å². The number of thiocarbonyl (C=S) groups is 1. The van der Waals surface area contributed by atoms with Crippen molar-refractivity contribution in [2.24, 2.45) is 0 Å². The van der Waals surface area contributed by atoms with Gasteiger partial charge in [-0.15, -0.1) is 11.3 Å². The zero-order valence-electron chi connectivity index (χ0n) is 19.1. The summed E-state index contributed by atoms with van der Waals surface area (Å²) in [6.07, 6.45) is 4.20. The lowest BCUT2D eigenvalue weighted by Gasteiger charge is -2.29.